The smallest absolute Gasteiger partial charge is 0.338 e. The van der Waals surface area contributed by atoms with E-state index >= 15 is 0 Å². The van der Waals surface area contributed by atoms with Crippen molar-refractivity contribution < 1.29 is 19.1 Å². The molecule has 1 amide bonds. The van der Waals surface area contributed by atoms with Crippen LogP contribution in [-0.2, 0) is 22.4 Å². The molecule has 1 aliphatic rings. The van der Waals surface area contributed by atoms with Crippen LogP contribution in [0.3, 0.4) is 0 Å². The topological polar surface area (TPSA) is 76.7 Å². The first-order valence-corrected chi connectivity index (χ1v) is 12.4. The molecule has 0 saturated heterocycles. The van der Waals surface area contributed by atoms with Crippen LogP contribution >= 0.6 is 0 Å². The molecule has 0 bridgehead atoms. The minimum absolute atomic E-state index is 0.0507. The van der Waals surface area contributed by atoms with Gasteiger partial charge >= 0.3 is 5.97 Å². The largest absolute Gasteiger partial charge is 0.489 e. The molecule has 1 atom stereocenters. The molecule has 1 unspecified atom stereocenters. The maximum absolute atomic E-state index is 12.9. The van der Waals surface area contributed by atoms with Gasteiger partial charge in [0.2, 0.25) is 5.91 Å². The van der Waals surface area contributed by atoms with Crippen molar-refractivity contribution in [1.29, 1.82) is 0 Å². The summed E-state index contributed by atoms with van der Waals surface area (Å²) in [6.45, 7) is 6.88. The Morgan fingerprint density at radius 3 is 2.53 bits per heavy atom. The van der Waals surface area contributed by atoms with E-state index in [1.54, 1.807) is 12.1 Å². The molecule has 4 rings (SSSR count). The number of amides is 1. The SMILES string of the molecule is Cc1ccc(C(=O)OC(CNC(C)(C)CCc2ccccc2)COc2cccc3c2CC(=O)N3)cc1. The number of nitrogens with one attached hydrogen (secondary N) is 2. The van der Waals surface area contributed by atoms with Crippen LogP contribution in [0.4, 0.5) is 5.69 Å². The molecular formula is C30H34N2O4. The molecule has 1 heterocycles. The molecule has 0 saturated carbocycles. The Morgan fingerprint density at radius 2 is 1.78 bits per heavy atom. The average Bonchev–Trinajstić information content (AvgIpc) is 3.26. The monoisotopic (exact) mass is 486 g/mol. The minimum atomic E-state index is -0.518. The van der Waals surface area contributed by atoms with Crippen molar-refractivity contribution in [2.45, 2.75) is 51.7 Å². The Bertz CT molecular complexity index is 1190. The van der Waals surface area contributed by atoms with Crippen molar-refractivity contribution in [3.8, 4) is 5.75 Å². The summed E-state index contributed by atoms with van der Waals surface area (Å²) in [5.41, 5.74) is 4.31. The third kappa shape index (κ3) is 6.95. The van der Waals surface area contributed by atoms with Crippen molar-refractivity contribution in [2.24, 2.45) is 0 Å². The molecule has 0 spiro atoms. The van der Waals surface area contributed by atoms with Crippen LogP contribution in [0.5, 0.6) is 5.75 Å². The fraction of sp³-hybridized carbons (Fsp3) is 0.333. The summed E-state index contributed by atoms with van der Waals surface area (Å²) in [7, 11) is 0. The first-order valence-electron chi connectivity index (χ1n) is 12.4. The summed E-state index contributed by atoms with van der Waals surface area (Å²) in [6.07, 6.45) is 1.64. The fourth-order valence-electron chi connectivity index (χ4n) is 4.16. The number of aryl methyl sites for hydroxylation is 2. The molecule has 1 aliphatic heterocycles. The predicted molar refractivity (Wildman–Crippen MR) is 141 cm³/mol. The zero-order chi connectivity index (χ0) is 25.5. The third-order valence-corrected chi connectivity index (χ3v) is 6.42. The molecule has 6 nitrogen and oxygen atoms in total. The van der Waals surface area contributed by atoms with Crippen molar-refractivity contribution >= 4 is 17.6 Å². The van der Waals surface area contributed by atoms with Gasteiger partial charge < -0.3 is 20.1 Å². The minimum Gasteiger partial charge on any atom is -0.489 e. The highest BCUT2D eigenvalue weighted by atomic mass is 16.6. The number of hydrogen-bond donors (Lipinski definition) is 2. The number of esters is 1. The molecule has 0 fully saturated rings. The second kappa shape index (κ2) is 11.4. The Kier molecular flexibility index (Phi) is 8.06. The van der Waals surface area contributed by atoms with Crippen LogP contribution in [0.1, 0.15) is 47.3 Å². The van der Waals surface area contributed by atoms with Gasteiger partial charge in [-0.25, -0.2) is 4.79 Å². The van der Waals surface area contributed by atoms with E-state index in [2.05, 4.69) is 48.7 Å². The number of fused-ring (bicyclic) bond motifs is 1. The maximum atomic E-state index is 12.9. The van der Waals surface area contributed by atoms with Gasteiger partial charge in [-0.2, -0.15) is 0 Å². The second-order valence-corrected chi connectivity index (χ2v) is 9.96. The first-order chi connectivity index (χ1) is 17.3. The zero-order valence-corrected chi connectivity index (χ0v) is 21.2. The van der Waals surface area contributed by atoms with E-state index < -0.39 is 6.10 Å². The van der Waals surface area contributed by atoms with Crippen molar-refractivity contribution in [1.82, 2.24) is 5.32 Å². The summed E-state index contributed by atoms with van der Waals surface area (Å²) < 4.78 is 12.0. The van der Waals surface area contributed by atoms with E-state index in [-0.39, 0.29) is 30.4 Å². The summed E-state index contributed by atoms with van der Waals surface area (Å²) in [4.78, 5) is 24.7. The molecule has 3 aromatic carbocycles. The van der Waals surface area contributed by atoms with E-state index in [4.69, 9.17) is 9.47 Å². The van der Waals surface area contributed by atoms with Gasteiger partial charge in [0.15, 0.2) is 0 Å². The lowest BCUT2D eigenvalue weighted by atomic mass is 9.95. The molecular weight excluding hydrogens is 452 g/mol. The predicted octanol–water partition coefficient (Wildman–Crippen LogP) is 5.10. The average molecular weight is 487 g/mol. The molecule has 3 aromatic rings. The molecule has 0 radical (unpaired) electrons. The summed E-state index contributed by atoms with van der Waals surface area (Å²) in [6, 6.07) is 23.3. The molecule has 2 N–H and O–H groups in total. The molecule has 0 aliphatic carbocycles. The van der Waals surface area contributed by atoms with Gasteiger partial charge in [0, 0.05) is 23.3 Å². The number of rotatable bonds is 11. The Labute approximate surface area is 213 Å². The van der Waals surface area contributed by atoms with Crippen LogP contribution in [0.15, 0.2) is 72.8 Å². The van der Waals surface area contributed by atoms with Crippen LogP contribution in [-0.4, -0.2) is 36.7 Å². The quantitative estimate of drug-likeness (QED) is 0.369. The van der Waals surface area contributed by atoms with Crippen molar-refractivity contribution in [3.05, 3.63) is 95.1 Å². The third-order valence-electron chi connectivity index (χ3n) is 6.42. The Balaban J connectivity index is 1.41. The number of anilines is 1. The van der Waals surface area contributed by atoms with Crippen LogP contribution in [0.2, 0.25) is 0 Å². The highest BCUT2D eigenvalue weighted by Gasteiger charge is 2.25. The lowest BCUT2D eigenvalue weighted by Crippen LogP contribution is -2.46. The molecule has 6 heteroatoms. The van der Waals surface area contributed by atoms with Gasteiger partial charge in [0.05, 0.1) is 12.0 Å². The van der Waals surface area contributed by atoms with Gasteiger partial charge in [-0.05, 0) is 63.4 Å². The number of carbonyl (C=O) groups excluding carboxylic acids is 2. The highest BCUT2D eigenvalue weighted by molar-refractivity contribution is 6.00. The molecule has 188 valence electrons. The normalized spacial score (nSPS) is 13.6. The summed E-state index contributed by atoms with van der Waals surface area (Å²) in [5.74, 6) is 0.193. The zero-order valence-electron chi connectivity index (χ0n) is 21.2. The summed E-state index contributed by atoms with van der Waals surface area (Å²) >= 11 is 0. The fourth-order valence-corrected chi connectivity index (χ4v) is 4.16. The van der Waals surface area contributed by atoms with Gasteiger partial charge in [-0.3, -0.25) is 4.79 Å². The Morgan fingerprint density at radius 1 is 1.03 bits per heavy atom. The first kappa shape index (κ1) is 25.5. The van der Waals surface area contributed by atoms with Gasteiger partial charge in [-0.1, -0.05) is 54.1 Å². The van der Waals surface area contributed by atoms with Crippen molar-refractivity contribution in [2.75, 3.05) is 18.5 Å². The van der Waals surface area contributed by atoms with Gasteiger partial charge in [-0.15, -0.1) is 0 Å². The highest BCUT2D eigenvalue weighted by Crippen LogP contribution is 2.31. The number of hydrogen-bond acceptors (Lipinski definition) is 5. The Hall–Kier alpha value is -3.64. The number of carbonyl (C=O) groups is 2. The second-order valence-electron chi connectivity index (χ2n) is 9.96. The molecule has 0 aromatic heterocycles. The van der Waals surface area contributed by atoms with Gasteiger partial charge in [0.25, 0.3) is 0 Å². The van der Waals surface area contributed by atoms with E-state index in [9.17, 15) is 9.59 Å². The van der Waals surface area contributed by atoms with E-state index in [1.807, 2.05) is 43.3 Å². The van der Waals surface area contributed by atoms with Crippen molar-refractivity contribution in [3.63, 3.8) is 0 Å². The number of ether oxygens (including phenoxy) is 2. The van der Waals surface area contributed by atoms with Crippen LogP contribution in [0.25, 0.3) is 0 Å². The molecule has 36 heavy (non-hydrogen) atoms. The number of benzene rings is 3. The van der Waals surface area contributed by atoms with Gasteiger partial charge in [0.1, 0.15) is 18.5 Å². The summed E-state index contributed by atoms with van der Waals surface area (Å²) in [5, 5.41) is 6.41. The lowest BCUT2D eigenvalue weighted by Gasteiger charge is -2.29. The van der Waals surface area contributed by atoms with E-state index in [0.29, 0.717) is 17.9 Å². The standard InChI is InChI=1S/C30H34N2O4/c1-21-12-14-23(15-13-21)29(34)36-24(19-31-30(2,3)17-16-22-8-5-4-6-9-22)20-35-27-11-7-10-26-25(27)18-28(33)32-26/h4-15,24,31H,16-20H2,1-3H3,(H,32,33). The van der Waals surface area contributed by atoms with Crippen LogP contribution in [0, 0.1) is 6.92 Å². The van der Waals surface area contributed by atoms with E-state index in [1.165, 1.54) is 5.56 Å². The van der Waals surface area contributed by atoms with Crippen LogP contribution < -0.4 is 15.4 Å². The van der Waals surface area contributed by atoms with E-state index in [0.717, 1.165) is 29.7 Å². The maximum Gasteiger partial charge on any atom is 0.338 e. The lowest BCUT2D eigenvalue weighted by molar-refractivity contribution is -0.115.